The van der Waals surface area contributed by atoms with Gasteiger partial charge in [0, 0.05) is 19.4 Å². The van der Waals surface area contributed by atoms with E-state index in [0.717, 1.165) is 6.07 Å². The molecule has 164 valence electrons. The number of fused-ring (bicyclic) bond motifs is 1. The SMILES string of the molecule is CCOc1cccc2nnc(NC(=O)CCC(=O)NCc3ccccc3C(F)(F)F)n12. The van der Waals surface area contributed by atoms with Gasteiger partial charge in [0.15, 0.2) is 5.65 Å². The number of ether oxygens (including phenoxy) is 1. The van der Waals surface area contributed by atoms with Crippen LogP contribution < -0.4 is 15.4 Å². The number of carbonyl (C=O) groups excluding carboxylic acids is 2. The van der Waals surface area contributed by atoms with Gasteiger partial charge in [0.1, 0.15) is 0 Å². The first-order chi connectivity index (χ1) is 14.8. The third-order valence-electron chi connectivity index (χ3n) is 4.31. The maximum absolute atomic E-state index is 13.0. The number of nitrogens with one attached hydrogen (secondary N) is 2. The van der Waals surface area contributed by atoms with Gasteiger partial charge in [-0.2, -0.15) is 13.2 Å². The Morgan fingerprint density at radius 2 is 1.77 bits per heavy atom. The van der Waals surface area contributed by atoms with Gasteiger partial charge in [0.05, 0.1) is 12.2 Å². The highest BCUT2D eigenvalue weighted by Gasteiger charge is 2.32. The molecule has 0 bridgehead atoms. The largest absolute Gasteiger partial charge is 0.479 e. The highest BCUT2D eigenvalue weighted by molar-refractivity contribution is 5.92. The molecule has 3 rings (SSSR count). The standard InChI is InChI=1S/C20H20F3N5O3/c1-2-31-18-9-5-8-15-26-27-19(28(15)18)25-17(30)11-10-16(29)24-12-13-6-3-4-7-14(13)20(21,22)23/h3-9H,2,10-12H2,1H3,(H,24,29)(H,25,27,30). The molecule has 0 aliphatic rings. The number of benzene rings is 1. The Morgan fingerprint density at radius 1 is 1.03 bits per heavy atom. The molecule has 2 heterocycles. The van der Waals surface area contributed by atoms with Crippen LogP contribution in [0.5, 0.6) is 5.88 Å². The fourth-order valence-corrected chi connectivity index (χ4v) is 2.90. The third-order valence-corrected chi connectivity index (χ3v) is 4.31. The highest BCUT2D eigenvalue weighted by Crippen LogP contribution is 2.31. The summed E-state index contributed by atoms with van der Waals surface area (Å²) in [6, 6.07) is 10.1. The Kier molecular flexibility index (Phi) is 6.73. The summed E-state index contributed by atoms with van der Waals surface area (Å²) >= 11 is 0. The second-order valence-corrected chi connectivity index (χ2v) is 6.49. The maximum atomic E-state index is 13.0. The Balaban J connectivity index is 1.55. The van der Waals surface area contributed by atoms with Crippen molar-refractivity contribution in [2.45, 2.75) is 32.5 Å². The van der Waals surface area contributed by atoms with Crippen molar-refractivity contribution in [2.24, 2.45) is 0 Å². The number of aromatic nitrogens is 3. The van der Waals surface area contributed by atoms with Crippen LogP contribution in [0.1, 0.15) is 30.9 Å². The molecule has 0 atom stereocenters. The van der Waals surface area contributed by atoms with Crippen molar-refractivity contribution in [3.63, 3.8) is 0 Å². The van der Waals surface area contributed by atoms with E-state index in [2.05, 4.69) is 20.8 Å². The molecule has 3 aromatic rings. The minimum absolute atomic E-state index is 0.0498. The Hall–Kier alpha value is -3.63. The van der Waals surface area contributed by atoms with Gasteiger partial charge in [-0.25, -0.2) is 4.40 Å². The van der Waals surface area contributed by atoms with E-state index in [9.17, 15) is 22.8 Å². The number of halogens is 3. The van der Waals surface area contributed by atoms with E-state index in [1.54, 1.807) is 18.2 Å². The summed E-state index contributed by atoms with van der Waals surface area (Å²) in [5.74, 6) is -0.454. The number of carbonyl (C=O) groups is 2. The van der Waals surface area contributed by atoms with Crippen LogP contribution in [0.4, 0.5) is 19.1 Å². The number of anilines is 1. The molecule has 2 aromatic heterocycles. The predicted molar refractivity (Wildman–Crippen MR) is 105 cm³/mol. The molecule has 0 aliphatic heterocycles. The van der Waals surface area contributed by atoms with Gasteiger partial charge in [-0.05, 0) is 30.7 Å². The summed E-state index contributed by atoms with van der Waals surface area (Å²) in [5.41, 5.74) is -0.384. The maximum Gasteiger partial charge on any atom is 0.416 e. The lowest BCUT2D eigenvalue weighted by Crippen LogP contribution is -2.26. The summed E-state index contributed by atoms with van der Waals surface area (Å²) in [4.78, 5) is 24.2. The number of pyridine rings is 1. The van der Waals surface area contributed by atoms with Crippen molar-refractivity contribution < 1.29 is 27.5 Å². The Labute approximate surface area is 175 Å². The summed E-state index contributed by atoms with van der Waals surface area (Å²) < 4.78 is 46.0. The summed E-state index contributed by atoms with van der Waals surface area (Å²) in [6.45, 7) is 1.93. The van der Waals surface area contributed by atoms with Gasteiger partial charge in [-0.1, -0.05) is 24.3 Å². The summed E-state index contributed by atoms with van der Waals surface area (Å²) in [5, 5.41) is 12.8. The number of rotatable bonds is 8. The quantitative estimate of drug-likeness (QED) is 0.567. The van der Waals surface area contributed by atoms with E-state index in [-0.39, 0.29) is 30.9 Å². The molecule has 2 amide bonds. The molecule has 0 spiro atoms. The number of amides is 2. The minimum atomic E-state index is -4.51. The van der Waals surface area contributed by atoms with E-state index >= 15 is 0 Å². The molecular weight excluding hydrogens is 415 g/mol. The first-order valence-electron chi connectivity index (χ1n) is 9.48. The number of hydrogen-bond donors (Lipinski definition) is 2. The van der Waals surface area contributed by atoms with Crippen molar-refractivity contribution in [3.8, 4) is 5.88 Å². The van der Waals surface area contributed by atoms with Crippen molar-refractivity contribution in [3.05, 3.63) is 53.6 Å². The third kappa shape index (κ3) is 5.50. The minimum Gasteiger partial charge on any atom is -0.479 e. The van der Waals surface area contributed by atoms with E-state index in [1.165, 1.54) is 22.6 Å². The van der Waals surface area contributed by atoms with Crippen LogP contribution >= 0.6 is 0 Å². The highest BCUT2D eigenvalue weighted by atomic mass is 19.4. The zero-order valence-corrected chi connectivity index (χ0v) is 16.6. The number of hydrogen-bond acceptors (Lipinski definition) is 5. The lowest BCUT2D eigenvalue weighted by molar-refractivity contribution is -0.138. The van der Waals surface area contributed by atoms with E-state index < -0.39 is 23.6 Å². The van der Waals surface area contributed by atoms with Gasteiger partial charge in [-0.3, -0.25) is 14.9 Å². The van der Waals surface area contributed by atoms with E-state index in [0.29, 0.717) is 18.1 Å². The molecule has 31 heavy (non-hydrogen) atoms. The normalized spacial score (nSPS) is 11.4. The van der Waals surface area contributed by atoms with Crippen LogP contribution in [0.2, 0.25) is 0 Å². The van der Waals surface area contributed by atoms with Crippen LogP contribution in [-0.2, 0) is 22.3 Å². The van der Waals surface area contributed by atoms with Crippen LogP contribution in [0.15, 0.2) is 42.5 Å². The van der Waals surface area contributed by atoms with E-state index in [1.807, 2.05) is 6.92 Å². The average Bonchev–Trinajstić information content (AvgIpc) is 3.14. The molecule has 8 nitrogen and oxygen atoms in total. The lowest BCUT2D eigenvalue weighted by atomic mass is 10.1. The summed E-state index contributed by atoms with van der Waals surface area (Å²) in [7, 11) is 0. The number of alkyl halides is 3. The van der Waals surface area contributed by atoms with Crippen molar-refractivity contribution in [2.75, 3.05) is 11.9 Å². The molecule has 0 fully saturated rings. The topological polar surface area (TPSA) is 97.6 Å². The van der Waals surface area contributed by atoms with Gasteiger partial charge < -0.3 is 10.1 Å². The number of nitrogens with zero attached hydrogens (tertiary/aromatic N) is 3. The lowest BCUT2D eigenvalue weighted by Gasteiger charge is -2.13. The molecule has 0 radical (unpaired) electrons. The van der Waals surface area contributed by atoms with Gasteiger partial charge in [-0.15, -0.1) is 10.2 Å². The molecule has 1 aromatic carbocycles. The van der Waals surface area contributed by atoms with Gasteiger partial charge >= 0.3 is 6.18 Å². The van der Waals surface area contributed by atoms with Crippen LogP contribution in [0.3, 0.4) is 0 Å². The Morgan fingerprint density at radius 3 is 2.52 bits per heavy atom. The molecule has 2 N–H and O–H groups in total. The first-order valence-corrected chi connectivity index (χ1v) is 9.48. The molecule has 0 saturated carbocycles. The van der Waals surface area contributed by atoms with Gasteiger partial charge in [0.25, 0.3) is 0 Å². The van der Waals surface area contributed by atoms with Crippen LogP contribution in [-0.4, -0.2) is 33.0 Å². The average molecular weight is 435 g/mol. The molecule has 11 heteroatoms. The monoisotopic (exact) mass is 435 g/mol. The van der Waals surface area contributed by atoms with Crippen molar-refractivity contribution in [1.82, 2.24) is 19.9 Å². The van der Waals surface area contributed by atoms with Crippen LogP contribution in [0, 0.1) is 0 Å². The predicted octanol–water partition coefficient (Wildman–Crippen LogP) is 3.18. The molecule has 0 aliphatic carbocycles. The first kappa shape index (κ1) is 22.1. The smallest absolute Gasteiger partial charge is 0.416 e. The molecule has 0 saturated heterocycles. The van der Waals surface area contributed by atoms with Gasteiger partial charge in [0.2, 0.25) is 23.6 Å². The molecular formula is C20H20F3N5O3. The van der Waals surface area contributed by atoms with Crippen molar-refractivity contribution >= 4 is 23.4 Å². The molecule has 0 unspecified atom stereocenters. The zero-order chi connectivity index (χ0) is 22.4. The van der Waals surface area contributed by atoms with Crippen LogP contribution in [0.25, 0.3) is 5.65 Å². The Bertz CT molecular complexity index is 1080. The van der Waals surface area contributed by atoms with E-state index in [4.69, 9.17) is 4.74 Å². The fourth-order valence-electron chi connectivity index (χ4n) is 2.90. The zero-order valence-electron chi connectivity index (χ0n) is 16.6. The second-order valence-electron chi connectivity index (χ2n) is 6.49. The summed E-state index contributed by atoms with van der Waals surface area (Å²) in [6.07, 6.45) is -4.89. The van der Waals surface area contributed by atoms with Crippen molar-refractivity contribution in [1.29, 1.82) is 0 Å². The second kappa shape index (κ2) is 9.45. The fraction of sp³-hybridized carbons (Fsp3) is 0.300.